The van der Waals surface area contributed by atoms with Crippen molar-refractivity contribution in [3.05, 3.63) is 89.0 Å². The van der Waals surface area contributed by atoms with Crippen LogP contribution < -0.4 is 4.74 Å². The molecule has 7 nitrogen and oxygen atoms in total. The van der Waals surface area contributed by atoms with Gasteiger partial charge in [0.05, 0.1) is 17.5 Å². The normalized spacial score (nSPS) is 10.8. The minimum absolute atomic E-state index is 0.155. The molecule has 0 unspecified atom stereocenters. The molecule has 0 spiro atoms. The third-order valence-corrected chi connectivity index (χ3v) is 4.67. The molecule has 8 heteroatoms. The van der Waals surface area contributed by atoms with E-state index in [4.69, 9.17) is 18.4 Å². The molecular formula is C23H19FN2O5. The molecule has 0 atom stereocenters. The van der Waals surface area contributed by atoms with E-state index in [-0.39, 0.29) is 30.5 Å². The third kappa shape index (κ3) is 4.63. The Bertz CT molecular complexity index is 1180. The second-order valence-corrected chi connectivity index (χ2v) is 6.79. The smallest absolute Gasteiger partial charge is 0.342 e. The highest BCUT2D eigenvalue weighted by atomic mass is 19.1. The number of carbonyl (C=O) groups is 1. The summed E-state index contributed by atoms with van der Waals surface area (Å²) in [5, 5.41) is 3.89. The van der Waals surface area contributed by atoms with Crippen molar-refractivity contribution in [3.8, 4) is 17.1 Å². The topological polar surface area (TPSA) is 87.6 Å². The fourth-order valence-electron chi connectivity index (χ4n) is 2.95. The van der Waals surface area contributed by atoms with Crippen LogP contribution in [0.25, 0.3) is 11.3 Å². The highest BCUT2D eigenvalue weighted by Gasteiger charge is 2.17. The van der Waals surface area contributed by atoms with Crippen LogP contribution in [-0.4, -0.2) is 16.1 Å². The highest BCUT2D eigenvalue weighted by Crippen LogP contribution is 2.24. The molecule has 0 N–H and O–H groups in total. The van der Waals surface area contributed by atoms with Gasteiger partial charge in [0.15, 0.2) is 12.4 Å². The van der Waals surface area contributed by atoms with Gasteiger partial charge < -0.3 is 18.4 Å². The van der Waals surface area contributed by atoms with Gasteiger partial charge in [0, 0.05) is 5.56 Å². The summed E-state index contributed by atoms with van der Waals surface area (Å²) in [5.41, 5.74) is 2.51. The first kappa shape index (κ1) is 20.3. The predicted octanol–water partition coefficient (Wildman–Crippen LogP) is 5.02. The van der Waals surface area contributed by atoms with E-state index in [0.29, 0.717) is 22.8 Å². The van der Waals surface area contributed by atoms with E-state index in [2.05, 4.69) is 10.1 Å². The number of ether oxygens (including phenoxy) is 2. The van der Waals surface area contributed by atoms with Crippen LogP contribution in [0.4, 0.5) is 4.39 Å². The lowest BCUT2D eigenvalue weighted by atomic mass is 10.2. The molecule has 0 bridgehead atoms. The van der Waals surface area contributed by atoms with Gasteiger partial charge >= 0.3 is 5.97 Å². The van der Waals surface area contributed by atoms with E-state index >= 15 is 0 Å². The summed E-state index contributed by atoms with van der Waals surface area (Å²) in [6.07, 6.45) is 1.50. The summed E-state index contributed by atoms with van der Waals surface area (Å²) in [4.78, 5) is 16.7. The first-order valence-corrected chi connectivity index (χ1v) is 9.52. The van der Waals surface area contributed by atoms with Crippen LogP contribution in [-0.2, 0) is 18.0 Å². The second-order valence-electron chi connectivity index (χ2n) is 6.79. The first-order chi connectivity index (χ1) is 15.0. The number of benzene rings is 2. The van der Waals surface area contributed by atoms with Crippen LogP contribution in [0.1, 0.15) is 33.3 Å². The van der Waals surface area contributed by atoms with Crippen molar-refractivity contribution >= 4 is 5.97 Å². The van der Waals surface area contributed by atoms with Crippen LogP contribution in [0, 0.1) is 19.7 Å². The number of carbonyl (C=O) groups excluding carboxylic acids is 1. The number of aryl methyl sites for hydroxylation is 2. The van der Waals surface area contributed by atoms with Crippen LogP contribution >= 0.6 is 0 Å². The SMILES string of the molecule is Cc1noc(C)c1COc1ccccc1C(=O)OCc1ncc(-c2ccc(F)cc2)o1. The summed E-state index contributed by atoms with van der Waals surface area (Å²) >= 11 is 0. The summed E-state index contributed by atoms with van der Waals surface area (Å²) in [6.45, 7) is 3.69. The van der Waals surface area contributed by atoms with E-state index in [1.807, 2.05) is 6.92 Å². The minimum atomic E-state index is -0.573. The average Bonchev–Trinajstić information content (AvgIpc) is 3.38. The van der Waals surface area contributed by atoms with Gasteiger partial charge in [-0.25, -0.2) is 14.2 Å². The Kier molecular flexibility index (Phi) is 5.79. The maximum absolute atomic E-state index is 13.1. The molecule has 31 heavy (non-hydrogen) atoms. The fraction of sp³-hybridized carbons (Fsp3) is 0.174. The zero-order chi connectivity index (χ0) is 21.8. The van der Waals surface area contributed by atoms with Crippen molar-refractivity contribution in [2.24, 2.45) is 0 Å². The molecule has 2 aromatic carbocycles. The Labute approximate surface area is 177 Å². The Morgan fingerprint density at radius 2 is 1.84 bits per heavy atom. The molecule has 0 aliphatic heterocycles. The average molecular weight is 422 g/mol. The van der Waals surface area contributed by atoms with Crippen molar-refractivity contribution in [2.45, 2.75) is 27.1 Å². The van der Waals surface area contributed by atoms with E-state index in [9.17, 15) is 9.18 Å². The molecule has 0 saturated heterocycles. The molecule has 0 aliphatic carbocycles. The largest absolute Gasteiger partial charge is 0.488 e. The van der Waals surface area contributed by atoms with Crippen molar-refractivity contribution in [1.82, 2.24) is 10.1 Å². The molecule has 0 aliphatic rings. The highest BCUT2D eigenvalue weighted by molar-refractivity contribution is 5.92. The van der Waals surface area contributed by atoms with Crippen molar-refractivity contribution < 1.29 is 27.6 Å². The summed E-state index contributed by atoms with van der Waals surface area (Å²) in [7, 11) is 0. The lowest BCUT2D eigenvalue weighted by Gasteiger charge is -2.10. The maximum Gasteiger partial charge on any atom is 0.342 e. The summed E-state index contributed by atoms with van der Waals surface area (Å²) < 4.78 is 34.9. The van der Waals surface area contributed by atoms with E-state index in [1.165, 1.54) is 18.3 Å². The monoisotopic (exact) mass is 422 g/mol. The van der Waals surface area contributed by atoms with E-state index in [1.54, 1.807) is 43.3 Å². The molecule has 0 radical (unpaired) electrons. The Balaban J connectivity index is 1.41. The van der Waals surface area contributed by atoms with Gasteiger partial charge in [-0.2, -0.15) is 0 Å². The molecule has 4 aromatic rings. The number of oxazole rings is 1. The number of halogens is 1. The lowest BCUT2D eigenvalue weighted by molar-refractivity contribution is 0.0434. The van der Waals surface area contributed by atoms with E-state index in [0.717, 1.165) is 11.3 Å². The molecule has 2 aromatic heterocycles. The number of hydrogen-bond acceptors (Lipinski definition) is 7. The minimum Gasteiger partial charge on any atom is -0.488 e. The van der Waals surface area contributed by atoms with Crippen LogP contribution in [0.15, 0.2) is 63.7 Å². The molecule has 0 fully saturated rings. The molecule has 0 amide bonds. The van der Waals surface area contributed by atoms with E-state index < -0.39 is 5.97 Å². The fourth-order valence-corrected chi connectivity index (χ4v) is 2.95. The zero-order valence-corrected chi connectivity index (χ0v) is 16.9. The van der Waals surface area contributed by atoms with Crippen LogP contribution in [0.5, 0.6) is 5.75 Å². The third-order valence-electron chi connectivity index (χ3n) is 4.67. The number of hydrogen-bond donors (Lipinski definition) is 0. The lowest BCUT2D eigenvalue weighted by Crippen LogP contribution is -2.08. The molecule has 158 valence electrons. The molecular weight excluding hydrogens is 403 g/mol. The zero-order valence-electron chi connectivity index (χ0n) is 16.9. The Hall–Kier alpha value is -3.94. The van der Waals surface area contributed by atoms with Gasteiger partial charge in [-0.05, 0) is 50.2 Å². The van der Waals surface area contributed by atoms with Crippen LogP contribution in [0.3, 0.4) is 0 Å². The molecule has 4 rings (SSSR count). The number of esters is 1. The van der Waals surface area contributed by atoms with Gasteiger partial charge in [-0.15, -0.1) is 0 Å². The summed E-state index contributed by atoms with van der Waals surface area (Å²) in [5.74, 6) is 0.810. The van der Waals surface area contributed by atoms with Gasteiger partial charge in [0.1, 0.15) is 29.5 Å². The van der Waals surface area contributed by atoms with Crippen molar-refractivity contribution in [2.75, 3.05) is 0 Å². The van der Waals surface area contributed by atoms with Gasteiger partial charge in [0.2, 0.25) is 5.89 Å². The predicted molar refractivity (Wildman–Crippen MR) is 108 cm³/mol. The van der Waals surface area contributed by atoms with Crippen molar-refractivity contribution in [1.29, 1.82) is 0 Å². The van der Waals surface area contributed by atoms with Gasteiger partial charge in [-0.3, -0.25) is 0 Å². The Morgan fingerprint density at radius 1 is 1.06 bits per heavy atom. The van der Waals surface area contributed by atoms with Gasteiger partial charge in [0.25, 0.3) is 0 Å². The maximum atomic E-state index is 13.1. The molecule has 2 heterocycles. The standard InChI is InChI=1S/C23H19FN2O5/c1-14-19(15(2)31-26-14)12-28-20-6-4-3-5-18(20)23(27)29-13-22-25-11-21(30-22)16-7-9-17(24)10-8-16/h3-11H,12-13H2,1-2H3. The number of para-hydroxylation sites is 1. The number of nitrogens with zero attached hydrogens (tertiary/aromatic N) is 2. The first-order valence-electron chi connectivity index (χ1n) is 9.52. The second kappa shape index (κ2) is 8.83. The van der Waals surface area contributed by atoms with Crippen molar-refractivity contribution in [3.63, 3.8) is 0 Å². The number of aromatic nitrogens is 2. The Morgan fingerprint density at radius 3 is 2.58 bits per heavy atom. The molecule has 0 saturated carbocycles. The quantitative estimate of drug-likeness (QED) is 0.386. The van der Waals surface area contributed by atoms with Crippen LogP contribution in [0.2, 0.25) is 0 Å². The number of rotatable bonds is 7. The van der Waals surface area contributed by atoms with Gasteiger partial charge in [-0.1, -0.05) is 17.3 Å². The summed E-state index contributed by atoms with van der Waals surface area (Å²) in [6, 6.07) is 12.6.